The number of esters is 1. The van der Waals surface area contributed by atoms with Crippen molar-refractivity contribution in [1.82, 2.24) is 30.4 Å². The molecule has 0 spiro atoms. The van der Waals surface area contributed by atoms with Crippen molar-refractivity contribution in [2.24, 2.45) is 5.41 Å². The third kappa shape index (κ3) is 8.37. The molecule has 2 rings (SSSR count). The van der Waals surface area contributed by atoms with Crippen LogP contribution in [-0.4, -0.2) is 74.4 Å². The molecule has 0 unspecified atom stereocenters. The van der Waals surface area contributed by atoms with E-state index in [1.165, 1.54) is 16.7 Å². The molecule has 11 nitrogen and oxygen atoms in total. The quantitative estimate of drug-likeness (QED) is 0.453. The molecule has 33 heavy (non-hydrogen) atoms. The normalized spacial score (nSPS) is 18.8. The standard InChI is InChI=1S/C19H31N6O5.C2H3.Y/c1-11-21-22-23-25(11)12-9-13(16(27)29-8)24(10-12)15(26)14(18(2,3)4)20-17(28)30-19(5,6)7;1-2;/h12-14H,1,9-10H2,2-8H3,(H,20,28);1H,2H2;/q2*-1;/t12-,13+,14-;;/m1../s1. The Morgan fingerprint density at radius 2 is 1.79 bits per heavy atom. The number of alkyl carbamates (subject to hydrolysis) is 1. The molecule has 1 aromatic heterocycles. The summed E-state index contributed by atoms with van der Waals surface area (Å²) in [6.45, 7) is 21.6. The van der Waals surface area contributed by atoms with E-state index in [1.54, 1.807) is 20.8 Å². The van der Waals surface area contributed by atoms with Crippen LogP contribution in [0.5, 0.6) is 0 Å². The molecule has 3 atom stereocenters. The van der Waals surface area contributed by atoms with Gasteiger partial charge < -0.3 is 33.2 Å². The fourth-order valence-electron chi connectivity index (χ4n) is 3.33. The van der Waals surface area contributed by atoms with Gasteiger partial charge in [0.2, 0.25) is 5.91 Å². The summed E-state index contributed by atoms with van der Waals surface area (Å²) in [6, 6.07) is -2.10. The van der Waals surface area contributed by atoms with Crippen LogP contribution in [0.2, 0.25) is 0 Å². The molecule has 1 fully saturated rings. The van der Waals surface area contributed by atoms with Gasteiger partial charge in [-0.15, -0.1) is 5.10 Å². The number of nitrogens with one attached hydrogen (secondary N) is 1. The Morgan fingerprint density at radius 1 is 1.21 bits per heavy atom. The number of methoxy groups -OCH3 is 1. The minimum absolute atomic E-state index is 0. The number of likely N-dealkylation sites (tertiary alicyclic amines) is 1. The van der Waals surface area contributed by atoms with E-state index in [0.29, 0.717) is 5.82 Å². The third-order valence-electron chi connectivity index (χ3n) is 4.72. The molecule has 183 valence electrons. The van der Waals surface area contributed by atoms with Crippen LogP contribution in [0.15, 0.2) is 6.58 Å². The Bertz CT molecular complexity index is 817. The Labute approximate surface area is 220 Å². The second-order valence-electron chi connectivity index (χ2n) is 9.40. The summed E-state index contributed by atoms with van der Waals surface area (Å²) in [5.74, 6) is -0.628. The first kappa shape index (κ1) is 31.0. The number of tetrazole rings is 1. The van der Waals surface area contributed by atoms with Crippen molar-refractivity contribution < 1.29 is 56.6 Å². The second-order valence-corrected chi connectivity index (χ2v) is 9.40. The molecule has 1 saturated heterocycles. The maximum Gasteiger partial charge on any atom is 0.408 e. The zero-order valence-electron chi connectivity index (χ0n) is 20.5. The van der Waals surface area contributed by atoms with Crippen LogP contribution in [0.25, 0.3) is 0 Å². The van der Waals surface area contributed by atoms with E-state index in [1.807, 2.05) is 20.8 Å². The summed E-state index contributed by atoms with van der Waals surface area (Å²) in [5.41, 5.74) is -1.35. The number of amides is 2. The van der Waals surface area contributed by atoms with E-state index in [-0.39, 0.29) is 51.7 Å². The number of hydrogen-bond donors (Lipinski definition) is 1. The first-order valence-electron chi connectivity index (χ1n) is 10.1. The van der Waals surface area contributed by atoms with Gasteiger partial charge >= 0.3 is 12.1 Å². The zero-order valence-corrected chi connectivity index (χ0v) is 23.3. The molecule has 0 aliphatic carbocycles. The maximum atomic E-state index is 13.5. The second kappa shape index (κ2) is 12.5. The first-order valence-corrected chi connectivity index (χ1v) is 10.1. The van der Waals surface area contributed by atoms with Gasteiger partial charge in [0.05, 0.1) is 13.2 Å². The van der Waals surface area contributed by atoms with Crippen LogP contribution >= 0.6 is 0 Å². The third-order valence-corrected chi connectivity index (χ3v) is 4.72. The van der Waals surface area contributed by atoms with Crippen molar-refractivity contribution in [1.29, 1.82) is 0 Å². The van der Waals surface area contributed by atoms with E-state index in [2.05, 4.69) is 40.9 Å². The fraction of sp³-hybridized carbons (Fsp3) is 0.667. The molecule has 2 heterocycles. The van der Waals surface area contributed by atoms with Crippen LogP contribution in [-0.2, 0) is 51.8 Å². The fourth-order valence-corrected chi connectivity index (χ4v) is 3.33. The molecular weight excluding hydrogens is 505 g/mol. The first-order chi connectivity index (χ1) is 14.7. The largest absolute Gasteiger partial charge is 0.521 e. The number of nitrogens with zero attached hydrogens (tertiary/aromatic N) is 5. The average Bonchev–Trinajstić information content (AvgIpc) is 3.30. The molecule has 1 aliphatic rings. The van der Waals surface area contributed by atoms with Crippen molar-refractivity contribution >= 4 is 18.0 Å². The number of carbonyl (C=O) groups excluding carboxylic acids is 3. The Balaban J connectivity index is 0.00000332. The predicted octanol–water partition coefficient (Wildman–Crippen LogP) is 1.71. The summed E-state index contributed by atoms with van der Waals surface area (Å²) in [6.07, 6.45) is -0.434. The molecular formula is C21H34N6O5Y-2. The summed E-state index contributed by atoms with van der Waals surface area (Å²) in [5, 5.41) is 13.9. The predicted molar refractivity (Wildman–Crippen MR) is 116 cm³/mol. The SMILES string of the molecule is [CH-]=C.[CH2-]c1nnnn1[C@@H]1C[C@@H](C(=O)OC)N(C(=O)[C@@H](NC(=O)OC(C)(C)C)C(C)(C)C)C1.[Y]. The Kier molecular flexibility index (Phi) is 11.7. The van der Waals surface area contributed by atoms with Crippen LogP contribution in [0, 0.1) is 18.9 Å². The number of hydrogen-bond acceptors (Lipinski definition) is 8. The van der Waals surface area contributed by atoms with E-state index >= 15 is 0 Å². The average molecular weight is 539 g/mol. The smallest absolute Gasteiger partial charge is 0.408 e. The number of rotatable bonds is 4. The molecule has 0 bridgehead atoms. The van der Waals surface area contributed by atoms with Crippen LogP contribution in [0.3, 0.4) is 0 Å². The molecule has 1 aromatic rings. The Morgan fingerprint density at radius 3 is 2.21 bits per heavy atom. The van der Waals surface area contributed by atoms with Crippen molar-refractivity contribution in [2.45, 2.75) is 71.7 Å². The van der Waals surface area contributed by atoms with Crippen LogP contribution in [0.1, 0.15) is 59.8 Å². The summed E-state index contributed by atoms with van der Waals surface area (Å²) < 4.78 is 11.7. The van der Waals surface area contributed by atoms with Crippen molar-refractivity contribution in [2.75, 3.05) is 13.7 Å². The Hall–Kier alpha value is -2.01. The topological polar surface area (TPSA) is 129 Å². The van der Waals surface area contributed by atoms with E-state index in [4.69, 9.17) is 9.47 Å². The van der Waals surface area contributed by atoms with Crippen molar-refractivity contribution in [3.63, 3.8) is 0 Å². The summed E-state index contributed by atoms with van der Waals surface area (Å²) in [4.78, 5) is 39.7. The monoisotopic (exact) mass is 539 g/mol. The molecule has 1 N–H and O–H groups in total. The van der Waals surface area contributed by atoms with E-state index in [9.17, 15) is 14.4 Å². The minimum atomic E-state index is -0.925. The van der Waals surface area contributed by atoms with Gasteiger partial charge in [-0.3, -0.25) is 16.1 Å². The molecule has 12 heteroatoms. The van der Waals surface area contributed by atoms with Crippen LogP contribution < -0.4 is 5.32 Å². The van der Waals surface area contributed by atoms with Gasteiger partial charge in [0, 0.05) is 51.5 Å². The number of ether oxygens (including phenoxy) is 2. The van der Waals surface area contributed by atoms with E-state index < -0.39 is 41.1 Å². The van der Waals surface area contributed by atoms with Gasteiger partial charge in [0.25, 0.3) is 0 Å². The minimum Gasteiger partial charge on any atom is -0.521 e. The molecule has 1 radical (unpaired) electrons. The molecule has 2 amide bonds. The van der Waals surface area contributed by atoms with Gasteiger partial charge in [-0.05, 0) is 36.6 Å². The van der Waals surface area contributed by atoms with Crippen molar-refractivity contribution in [3.8, 4) is 0 Å². The van der Waals surface area contributed by atoms with Gasteiger partial charge in [-0.2, -0.15) is 0 Å². The van der Waals surface area contributed by atoms with Crippen molar-refractivity contribution in [3.05, 3.63) is 25.9 Å². The summed E-state index contributed by atoms with van der Waals surface area (Å²) >= 11 is 0. The number of aromatic nitrogens is 4. The molecule has 1 aliphatic heterocycles. The van der Waals surface area contributed by atoms with E-state index in [0.717, 1.165) is 0 Å². The summed E-state index contributed by atoms with van der Waals surface area (Å²) in [7, 11) is 1.27. The van der Waals surface area contributed by atoms with Crippen LogP contribution in [0.4, 0.5) is 4.79 Å². The van der Waals surface area contributed by atoms with Gasteiger partial charge in [-0.1, -0.05) is 20.8 Å². The van der Waals surface area contributed by atoms with Gasteiger partial charge in [-0.25, -0.2) is 9.59 Å². The zero-order chi connectivity index (χ0) is 24.9. The molecule has 0 saturated carbocycles. The van der Waals surface area contributed by atoms with Gasteiger partial charge in [0.1, 0.15) is 17.7 Å². The number of carbonyl (C=O) groups is 3. The van der Waals surface area contributed by atoms with Gasteiger partial charge in [0.15, 0.2) is 0 Å². The molecule has 0 aromatic carbocycles. The maximum absolute atomic E-state index is 13.5.